The number of nitrogens with zero attached hydrogens (tertiary/aromatic N) is 3. The molecule has 4 aromatic rings. The van der Waals surface area contributed by atoms with Crippen LogP contribution in [0, 0.1) is 11.3 Å². The summed E-state index contributed by atoms with van der Waals surface area (Å²) in [5.41, 5.74) is 6.61. The van der Waals surface area contributed by atoms with E-state index in [1.165, 1.54) is 11.1 Å². The van der Waals surface area contributed by atoms with E-state index in [1.54, 1.807) is 19.6 Å². The molecule has 1 aliphatic rings. The fourth-order valence-corrected chi connectivity index (χ4v) is 4.09. The summed E-state index contributed by atoms with van der Waals surface area (Å²) in [6.45, 7) is 0. The molecule has 0 bridgehead atoms. The van der Waals surface area contributed by atoms with E-state index in [9.17, 15) is 5.26 Å². The normalized spacial score (nSPS) is 15.7. The number of hydrogen-bond donors (Lipinski definition) is 2. The van der Waals surface area contributed by atoms with Crippen LogP contribution >= 0.6 is 0 Å². The first kappa shape index (κ1) is 17.3. The lowest BCUT2D eigenvalue weighted by molar-refractivity contribution is 0.411. The zero-order valence-electron chi connectivity index (χ0n) is 15.9. The van der Waals surface area contributed by atoms with Gasteiger partial charge < -0.3 is 14.6 Å². The molecule has 2 aromatic carbocycles. The third-order valence-corrected chi connectivity index (χ3v) is 5.51. The van der Waals surface area contributed by atoms with Crippen LogP contribution in [0.5, 0.6) is 5.75 Å². The van der Waals surface area contributed by atoms with Crippen molar-refractivity contribution >= 4 is 16.6 Å². The summed E-state index contributed by atoms with van der Waals surface area (Å²) in [6.07, 6.45) is 6.31. The molecule has 1 aliphatic carbocycles. The molecular formula is C22H19N5O2. The minimum atomic E-state index is 0.156. The van der Waals surface area contributed by atoms with E-state index >= 15 is 0 Å². The van der Waals surface area contributed by atoms with Gasteiger partial charge in [-0.2, -0.15) is 10.4 Å². The highest BCUT2D eigenvalue weighted by Gasteiger charge is 2.23. The lowest BCUT2D eigenvalue weighted by Gasteiger charge is -2.28. The summed E-state index contributed by atoms with van der Waals surface area (Å²) in [5, 5.41) is 25.3. The van der Waals surface area contributed by atoms with E-state index in [0.29, 0.717) is 11.3 Å². The maximum Gasteiger partial charge on any atom is 0.136 e. The zero-order valence-corrected chi connectivity index (χ0v) is 15.9. The van der Waals surface area contributed by atoms with Gasteiger partial charge in [0.1, 0.15) is 23.8 Å². The highest BCUT2D eigenvalue weighted by Crippen LogP contribution is 2.37. The number of aryl methyl sites for hydroxylation is 1. The number of aromatic amines is 1. The third-order valence-electron chi connectivity index (χ3n) is 5.51. The van der Waals surface area contributed by atoms with Crippen LogP contribution in [-0.2, 0) is 6.42 Å². The molecule has 2 aromatic heterocycles. The Hall–Kier alpha value is -3.79. The fourth-order valence-electron chi connectivity index (χ4n) is 4.09. The molecule has 0 amide bonds. The number of rotatable bonds is 4. The first-order valence-electron chi connectivity index (χ1n) is 9.52. The van der Waals surface area contributed by atoms with Crippen molar-refractivity contribution in [3.05, 3.63) is 59.5 Å². The number of anilines is 1. The van der Waals surface area contributed by atoms with Gasteiger partial charge in [0.25, 0.3) is 0 Å². The van der Waals surface area contributed by atoms with Crippen LogP contribution in [0.2, 0.25) is 0 Å². The summed E-state index contributed by atoms with van der Waals surface area (Å²) in [5.74, 6) is 0.625. The topological polar surface area (TPSA) is 99.8 Å². The minimum Gasteiger partial charge on any atom is -0.495 e. The summed E-state index contributed by atoms with van der Waals surface area (Å²) in [6, 6.07) is 12.5. The molecule has 7 heteroatoms. The van der Waals surface area contributed by atoms with E-state index in [1.807, 2.05) is 24.3 Å². The Bertz CT molecular complexity index is 1220. The largest absolute Gasteiger partial charge is 0.495 e. The molecule has 2 N–H and O–H groups in total. The predicted octanol–water partition coefficient (Wildman–Crippen LogP) is 4.59. The van der Waals surface area contributed by atoms with Gasteiger partial charge in [0.2, 0.25) is 0 Å². The van der Waals surface area contributed by atoms with Gasteiger partial charge >= 0.3 is 0 Å². The Morgan fingerprint density at radius 2 is 2.24 bits per heavy atom. The summed E-state index contributed by atoms with van der Waals surface area (Å²) >= 11 is 0. The molecule has 0 fully saturated rings. The first-order chi connectivity index (χ1) is 14.3. The average molecular weight is 385 g/mol. The Morgan fingerprint density at radius 3 is 3.03 bits per heavy atom. The van der Waals surface area contributed by atoms with Crippen LogP contribution in [0.4, 0.5) is 5.69 Å². The van der Waals surface area contributed by atoms with Gasteiger partial charge in [-0.15, -0.1) is 0 Å². The van der Waals surface area contributed by atoms with Crippen molar-refractivity contribution < 1.29 is 9.26 Å². The van der Waals surface area contributed by atoms with Crippen LogP contribution in [0.3, 0.4) is 0 Å². The number of nitrogens with one attached hydrogen (secondary N) is 2. The number of H-pyrrole nitrogens is 1. The van der Waals surface area contributed by atoms with Gasteiger partial charge in [0, 0.05) is 11.1 Å². The zero-order chi connectivity index (χ0) is 19.8. The molecule has 0 aliphatic heterocycles. The van der Waals surface area contributed by atoms with E-state index < -0.39 is 0 Å². The van der Waals surface area contributed by atoms with Gasteiger partial charge in [-0.05, 0) is 60.7 Å². The molecule has 144 valence electrons. The van der Waals surface area contributed by atoms with E-state index in [4.69, 9.17) is 9.26 Å². The van der Waals surface area contributed by atoms with Crippen LogP contribution in [-0.4, -0.2) is 22.5 Å². The van der Waals surface area contributed by atoms with Crippen molar-refractivity contribution in [3.63, 3.8) is 0 Å². The first-order valence-corrected chi connectivity index (χ1v) is 9.52. The van der Waals surface area contributed by atoms with Crippen molar-refractivity contribution in [2.75, 3.05) is 12.4 Å². The maximum atomic E-state index is 9.37. The molecule has 0 radical (unpaired) electrons. The molecule has 0 saturated heterocycles. The standard InChI is InChI=1S/C22H19N5O2/c1-28-21-9-17-13(7-14(21)10-23)3-2-4-19(17)25-16-5-6-20-18(8-16)22(27-26-20)15-11-24-29-12-15/h5-9,11-12,19,25H,2-4H2,1H3,(H,26,27). The van der Waals surface area contributed by atoms with Crippen molar-refractivity contribution in [1.82, 2.24) is 15.4 Å². The Balaban J connectivity index is 1.51. The van der Waals surface area contributed by atoms with Crippen molar-refractivity contribution in [2.24, 2.45) is 0 Å². The Morgan fingerprint density at radius 1 is 1.31 bits per heavy atom. The molecule has 1 atom stereocenters. The predicted molar refractivity (Wildman–Crippen MR) is 109 cm³/mol. The summed E-state index contributed by atoms with van der Waals surface area (Å²) in [7, 11) is 1.60. The quantitative estimate of drug-likeness (QED) is 0.533. The fraction of sp³-hybridized carbons (Fsp3) is 0.227. The molecule has 1 unspecified atom stereocenters. The number of methoxy groups -OCH3 is 1. The number of hydrogen-bond acceptors (Lipinski definition) is 6. The molecule has 0 saturated carbocycles. The van der Waals surface area contributed by atoms with Gasteiger partial charge in [-0.3, -0.25) is 5.10 Å². The van der Waals surface area contributed by atoms with E-state index in [-0.39, 0.29) is 6.04 Å². The van der Waals surface area contributed by atoms with Crippen LogP contribution in [0.25, 0.3) is 22.2 Å². The van der Waals surface area contributed by atoms with Crippen molar-refractivity contribution in [1.29, 1.82) is 5.26 Å². The molecule has 0 spiro atoms. The second-order valence-corrected chi connectivity index (χ2v) is 7.20. The average Bonchev–Trinajstić information content (AvgIpc) is 3.42. The van der Waals surface area contributed by atoms with Crippen LogP contribution < -0.4 is 10.1 Å². The molecule has 5 rings (SSSR count). The van der Waals surface area contributed by atoms with Crippen LogP contribution in [0.1, 0.15) is 35.6 Å². The lowest BCUT2D eigenvalue weighted by Crippen LogP contribution is -2.18. The number of nitriles is 1. The summed E-state index contributed by atoms with van der Waals surface area (Å²) in [4.78, 5) is 0. The Labute approximate surface area is 167 Å². The number of aromatic nitrogens is 3. The van der Waals surface area contributed by atoms with E-state index in [0.717, 1.165) is 47.1 Å². The SMILES string of the molecule is COc1cc2c(cc1C#N)CCCC2Nc1ccc2[nH]nc(-c3cnoc3)c2c1. The number of ether oxygens (including phenoxy) is 1. The van der Waals surface area contributed by atoms with E-state index in [2.05, 4.69) is 32.8 Å². The second kappa shape index (κ2) is 6.99. The lowest BCUT2D eigenvalue weighted by atomic mass is 9.86. The monoisotopic (exact) mass is 385 g/mol. The van der Waals surface area contributed by atoms with Crippen molar-refractivity contribution in [2.45, 2.75) is 25.3 Å². The van der Waals surface area contributed by atoms with Gasteiger partial charge in [-0.25, -0.2) is 0 Å². The maximum absolute atomic E-state index is 9.37. The second-order valence-electron chi connectivity index (χ2n) is 7.20. The highest BCUT2D eigenvalue weighted by molar-refractivity contribution is 5.94. The number of fused-ring (bicyclic) bond motifs is 2. The third kappa shape index (κ3) is 2.99. The Kier molecular flexibility index (Phi) is 4.17. The van der Waals surface area contributed by atoms with Crippen molar-refractivity contribution in [3.8, 4) is 23.1 Å². The number of benzene rings is 2. The van der Waals surface area contributed by atoms with Gasteiger partial charge in [-0.1, -0.05) is 5.16 Å². The highest BCUT2D eigenvalue weighted by atomic mass is 16.5. The summed E-state index contributed by atoms with van der Waals surface area (Å²) < 4.78 is 10.4. The molecule has 2 heterocycles. The molecular weight excluding hydrogens is 366 g/mol. The van der Waals surface area contributed by atoms with Gasteiger partial charge in [0.15, 0.2) is 0 Å². The van der Waals surface area contributed by atoms with Crippen LogP contribution in [0.15, 0.2) is 47.3 Å². The van der Waals surface area contributed by atoms with Gasteiger partial charge in [0.05, 0.1) is 36.0 Å². The molecule has 7 nitrogen and oxygen atoms in total. The smallest absolute Gasteiger partial charge is 0.136 e. The molecule has 29 heavy (non-hydrogen) atoms. The minimum absolute atomic E-state index is 0.156.